The molecule has 0 aliphatic carbocycles. The lowest BCUT2D eigenvalue weighted by Crippen LogP contribution is -2.10. The molecule has 1 atom stereocenters. The van der Waals surface area contributed by atoms with Crippen molar-refractivity contribution in [3.05, 3.63) is 11.1 Å². The van der Waals surface area contributed by atoms with Crippen LogP contribution in [0.5, 0.6) is 0 Å². The van der Waals surface area contributed by atoms with E-state index in [9.17, 15) is 0 Å². The number of nitrogens with one attached hydrogen (secondary N) is 1. The van der Waals surface area contributed by atoms with Gasteiger partial charge in [0.2, 0.25) is 0 Å². The quantitative estimate of drug-likeness (QED) is 0.581. The van der Waals surface area contributed by atoms with Crippen LogP contribution in [0, 0.1) is 5.92 Å². The average Bonchev–Trinajstić information content (AvgIpc) is 2.61. The Balaban J connectivity index is 2.30. The van der Waals surface area contributed by atoms with Crippen LogP contribution in [0.3, 0.4) is 0 Å². The van der Waals surface area contributed by atoms with E-state index in [-0.39, 0.29) is 0 Å². The zero-order valence-corrected chi connectivity index (χ0v) is 10.3. The zero-order valence-electron chi connectivity index (χ0n) is 9.49. The maximum Gasteiger partial charge on any atom is 0.197 e. The Hall–Kier alpha value is -0.650. The molecular formula is C10H19N3OS. The van der Waals surface area contributed by atoms with E-state index in [2.05, 4.69) is 31.2 Å². The number of anilines is 1. The molecule has 0 bridgehead atoms. The van der Waals surface area contributed by atoms with Gasteiger partial charge < -0.3 is 4.74 Å². The second-order valence-corrected chi connectivity index (χ2v) is 5.14. The molecule has 1 aromatic rings. The first-order valence-electron chi connectivity index (χ1n) is 5.14. The smallest absolute Gasteiger partial charge is 0.197 e. The predicted molar refractivity (Wildman–Crippen MR) is 63.6 cm³/mol. The number of ether oxygens (including phenoxy) is 1. The van der Waals surface area contributed by atoms with Gasteiger partial charge in [0.25, 0.3) is 0 Å². The van der Waals surface area contributed by atoms with Gasteiger partial charge in [-0.05, 0) is 19.3 Å². The van der Waals surface area contributed by atoms with Crippen molar-refractivity contribution < 1.29 is 4.74 Å². The zero-order chi connectivity index (χ0) is 11.3. The van der Waals surface area contributed by atoms with Crippen LogP contribution in [0.4, 0.5) is 5.13 Å². The number of rotatable bonds is 6. The molecule has 1 rings (SSSR count). The number of aromatic nitrogens is 1. The van der Waals surface area contributed by atoms with Crippen molar-refractivity contribution in [2.45, 2.75) is 39.9 Å². The van der Waals surface area contributed by atoms with Crippen LogP contribution in [-0.2, 0) is 11.3 Å². The molecule has 0 aromatic carbocycles. The van der Waals surface area contributed by atoms with E-state index in [1.54, 1.807) is 6.20 Å². The summed E-state index contributed by atoms with van der Waals surface area (Å²) in [7, 11) is 0. The molecule has 15 heavy (non-hydrogen) atoms. The monoisotopic (exact) mass is 229 g/mol. The lowest BCUT2D eigenvalue weighted by Gasteiger charge is -2.14. The summed E-state index contributed by atoms with van der Waals surface area (Å²) in [5, 5.41) is 0.727. The second kappa shape index (κ2) is 6.05. The van der Waals surface area contributed by atoms with E-state index in [4.69, 9.17) is 10.6 Å². The number of nitrogen functional groups attached to an aromatic ring is 1. The van der Waals surface area contributed by atoms with Crippen LogP contribution in [0.15, 0.2) is 6.20 Å². The predicted octanol–water partition coefficient (Wildman–Crippen LogP) is 2.38. The second-order valence-electron chi connectivity index (χ2n) is 4.03. The molecule has 86 valence electrons. The summed E-state index contributed by atoms with van der Waals surface area (Å²) in [5.41, 5.74) is 2.52. The highest BCUT2D eigenvalue weighted by Crippen LogP contribution is 2.19. The molecule has 1 aromatic heterocycles. The summed E-state index contributed by atoms with van der Waals surface area (Å²) >= 11 is 1.52. The van der Waals surface area contributed by atoms with E-state index in [0.717, 1.165) is 16.4 Å². The third kappa shape index (κ3) is 4.59. The molecule has 0 aliphatic heterocycles. The number of hydrogen-bond acceptors (Lipinski definition) is 5. The van der Waals surface area contributed by atoms with Crippen LogP contribution in [0.2, 0.25) is 0 Å². The maximum absolute atomic E-state index is 5.70. The first-order chi connectivity index (χ1) is 7.11. The van der Waals surface area contributed by atoms with E-state index in [1.165, 1.54) is 11.3 Å². The summed E-state index contributed by atoms with van der Waals surface area (Å²) in [5.74, 6) is 5.91. The minimum Gasteiger partial charge on any atom is -0.373 e. The van der Waals surface area contributed by atoms with Gasteiger partial charge in [0, 0.05) is 6.20 Å². The Kier molecular flexibility index (Phi) is 5.01. The van der Waals surface area contributed by atoms with Gasteiger partial charge in [-0.2, -0.15) is 0 Å². The fraction of sp³-hybridized carbons (Fsp3) is 0.700. The number of hydrogen-bond donors (Lipinski definition) is 2. The molecule has 0 amide bonds. The molecule has 0 saturated carbocycles. The Labute approximate surface area is 94.8 Å². The van der Waals surface area contributed by atoms with E-state index in [1.807, 2.05) is 0 Å². The Morgan fingerprint density at radius 2 is 2.27 bits per heavy atom. The number of nitrogens with zero attached hydrogens (tertiary/aromatic N) is 1. The summed E-state index contributed by atoms with van der Waals surface area (Å²) in [6.07, 6.45) is 3.17. The van der Waals surface area contributed by atoms with Crippen molar-refractivity contribution in [2.24, 2.45) is 11.8 Å². The lowest BCUT2D eigenvalue weighted by molar-refractivity contribution is 0.0411. The normalized spacial score (nSPS) is 13.1. The molecule has 0 aliphatic rings. The molecule has 4 nitrogen and oxygen atoms in total. The van der Waals surface area contributed by atoms with Gasteiger partial charge >= 0.3 is 0 Å². The minimum atomic E-state index is 0.293. The molecule has 3 N–H and O–H groups in total. The fourth-order valence-electron chi connectivity index (χ4n) is 1.40. The van der Waals surface area contributed by atoms with Crippen molar-refractivity contribution in [3.8, 4) is 0 Å². The van der Waals surface area contributed by atoms with Crippen LogP contribution in [0.25, 0.3) is 0 Å². The van der Waals surface area contributed by atoms with Crippen LogP contribution >= 0.6 is 11.3 Å². The average molecular weight is 229 g/mol. The molecule has 0 spiro atoms. The summed E-state index contributed by atoms with van der Waals surface area (Å²) in [4.78, 5) is 5.17. The summed E-state index contributed by atoms with van der Waals surface area (Å²) in [6, 6.07) is 0. The topological polar surface area (TPSA) is 60.2 Å². The van der Waals surface area contributed by atoms with Crippen molar-refractivity contribution in [1.29, 1.82) is 0 Å². The van der Waals surface area contributed by atoms with Crippen molar-refractivity contribution in [2.75, 3.05) is 5.43 Å². The minimum absolute atomic E-state index is 0.293. The fourth-order valence-corrected chi connectivity index (χ4v) is 2.04. The molecule has 0 saturated heterocycles. The van der Waals surface area contributed by atoms with Crippen molar-refractivity contribution in [3.63, 3.8) is 0 Å². The molecule has 0 radical (unpaired) electrons. The maximum atomic E-state index is 5.70. The van der Waals surface area contributed by atoms with Crippen LogP contribution < -0.4 is 11.3 Å². The van der Waals surface area contributed by atoms with Crippen LogP contribution in [-0.4, -0.2) is 11.1 Å². The van der Waals surface area contributed by atoms with Crippen molar-refractivity contribution in [1.82, 2.24) is 4.98 Å². The SMILES string of the molecule is CC(C)CC(C)OCc1cnc(NN)s1. The molecule has 1 unspecified atom stereocenters. The number of thiazole rings is 1. The standard InChI is InChI=1S/C10H19N3OS/c1-7(2)4-8(3)14-6-9-5-12-10(13-11)15-9/h5,7-8H,4,6,11H2,1-3H3,(H,12,13). The van der Waals surface area contributed by atoms with Crippen molar-refractivity contribution >= 4 is 16.5 Å². The Morgan fingerprint density at radius 1 is 1.53 bits per heavy atom. The van der Waals surface area contributed by atoms with E-state index < -0.39 is 0 Å². The molecule has 5 heteroatoms. The molecular weight excluding hydrogens is 210 g/mol. The number of hydrazine groups is 1. The lowest BCUT2D eigenvalue weighted by atomic mass is 10.1. The third-order valence-electron chi connectivity index (χ3n) is 1.99. The third-order valence-corrected chi connectivity index (χ3v) is 2.89. The highest BCUT2D eigenvalue weighted by atomic mass is 32.1. The Bertz CT molecular complexity index is 288. The van der Waals surface area contributed by atoms with Gasteiger partial charge in [0.05, 0.1) is 17.6 Å². The largest absolute Gasteiger partial charge is 0.373 e. The van der Waals surface area contributed by atoms with Gasteiger partial charge in [-0.15, -0.1) is 0 Å². The highest BCUT2D eigenvalue weighted by Gasteiger charge is 2.07. The first kappa shape index (κ1) is 12.4. The van der Waals surface area contributed by atoms with E-state index in [0.29, 0.717) is 18.6 Å². The van der Waals surface area contributed by atoms with Gasteiger partial charge in [-0.25, -0.2) is 10.8 Å². The number of nitrogens with two attached hydrogens (primary N) is 1. The van der Waals surface area contributed by atoms with Gasteiger partial charge in [-0.3, -0.25) is 5.43 Å². The summed E-state index contributed by atoms with van der Waals surface area (Å²) < 4.78 is 5.70. The highest BCUT2D eigenvalue weighted by molar-refractivity contribution is 7.15. The summed E-state index contributed by atoms with van der Waals surface area (Å²) in [6.45, 7) is 7.11. The van der Waals surface area contributed by atoms with Gasteiger partial charge in [-0.1, -0.05) is 25.2 Å². The Morgan fingerprint density at radius 3 is 2.80 bits per heavy atom. The van der Waals surface area contributed by atoms with Gasteiger partial charge in [0.15, 0.2) is 5.13 Å². The van der Waals surface area contributed by atoms with E-state index >= 15 is 0 Å². The first-order valence-corrected chi connectivity index (χ1v) is 5.96. The van der Waals surface area contributed by atoms with Crippen LogP contribution in [0.1, 0.15) is 32.1 Å². The van der Waals surface area contributed by atoms with Gasteiger partial charge in [0.1, 0.15) is 0 Å². The molecule has 1 heterocycles. The molecule has 0 fully saturated rings.